The average Bonchev–Trinajstić information content (AvgIpc) is 3.16. The first-order valence-electron chi connectivity index (χ1n) is 16.2. The molecular weight excluding hydrogens is 498 g/mol. The van der Waals surface area contributed by atoms with Crippen molar-refractivity contribution in [2.75, 3.05) is 0 Å². The molecule has 5 aliphatic rings. The summed E-state index contributed by atoms with van der Waals surface area (Å²) in [6.45, 7) is 17.2. The van der Waals surface area contributed by atoms with Crippen LogP contribution in [0.25, 0.3) is 0 Å². The zero-order valence-electron chi connectivity index (χ0n) is 26.4. The Morgan fingerprint density at radius 1 is 1.00 bits per heavy atom. The lowest BCUT2D eigenvalue weighted by Gasteiger charge is -2.68. The van der Waals surface area contributed by atoms with Crippen LogP contribution in [-0.4, -0.2) is 35.1 Å². The molecule has 5 heteroatoms. The van der Waals surface area contributed by atoms with E-state index in [-0.39, 0.29) is 58.1 Å². The van der Waals surface area contributed by atoms with E-state index in [2.05, 4.69) is 41.5 Å². The number of hydrogen-bond acceptors (Lipinski definition) is 5. The molecule has 1 unspecified atom stereocenters. The Balaban J connectivity index is 1.64. The highest BCUT2D eigenvalue weighted by Crippen LogP contribution is 2.74. The number of esters is 1. The second-order valence-electron chi connectivity index (χ2n) is 15.5. The van der Waals surface area contributed by atoms with E-state index in [1.165, 1.54) is 18.1 Å². The van der Waals surface area contributed by atoms with Crippen LogP contribution in [-0.2, 0) is 14.3 Å². The highest BCUT2D eigenvalue weighted by molar-refractivity contribution is 5.95. The topological polar surface area (TPSA) is 89.6 Å². The molecule has 224 valence electrons. The molecule has 0 radical (unpaired) electrons. The van der Waals surface area contributed by atoms with E-state index < -0.39 is 0 Å². The van der Waals surface area contributed by atoms with Crippen LogP contribution in [0.4, 0.5) is 0 Å². The number of Topliss-reactive ketones (excluding diaryl/α,β-unsaturated/α-hetero) is 1. The molecule has 0 bridgehead atoms. The smallest absolute Gasteiger partial charge is 0.303 e. The van der Waals surface area contributed by atoms with Crippen LogP contribution in [0.2, 0.25) is 0 Å². The predicted molar refractivity (Wildman–Crippen MR) is 159 cm³/mol. The van der Waals surface area contributed by atoms with E-state index in [0.29, 0.717) is 17.8 Å². The number of aliphatic hydroxyl groups is 1. The zero-order chi connectivity index (χ0) is 29.4. The molecule has 5 saturated carbocycles. The number of carbonyl (C=O) groups is 2. The van der Waals surface area contributed by atoms with Crippen molar-refractivity contribution in [3.8, 4) is 0 Å². The van der Waals surface area contributed by atoms with Crippen molar-refractivity contribution in [1.29, 1.82) is 0 Å². The van der Waals surface area contributed by atoms with Gasteiger partial charge in [0.15, 0.2) is 5.78 Å². The van der Waals surface area contributed by atoms with Crippen LogP contribution in [0.3, 0.4) is 0 Å². The van der Waals surface area contributed by atoms with Gasteiger partial charge in [-0.3, -0.25) is 9.59 Å². The van der Waals surface area contributed by atoms with Gasteiger partial charge in [0.05, 0.1) is 6.10 Å². The number of hydrogen-bond donors (Lipinski definition) is 2. The first-order valence-corrected chi connectivity index (χ1v) is 16.2. The van der Waals surface area contributed by atoms with Gasteiger partial charge in [-0.15, -0.1) is 0 Å². The van der Waals surface area contributed by atoms with Crippen molar-refractivity contribution in [2.24, 2.45) is 51.6 Å². The molecular formula is C35H55NO4. The van der Waals surface area contributed by atoms with Crippen molar-refractivity contribution < 1.29 is 19.4 Å². The Labute approximate surface area is 242 Å². The first-order chi connectivity index (χ1) is 18.7. The minimum atomic E-state index is -0.386. The van der Waals surface area contributed by atoms with Crippen molar-refractivity contribution >= 4 is 11.8 Å². The molecule has 0 amide bonds. The highest BCUT2D eigenvalue weighted by Gasteiger charge is 2.70. The van der Waals surface area contributed by atoms with Gasteiger partial charge in [0.25, 0.3) is 0 Å². The van der Waals surface area contributed by atoms with E-state index in [4.69, 9.17) is 10.5 Å². The van der Waals surface area contributed by atoms with E-state index in [1.54, 1.807) is 6.92 Å². The Morgan fingerprint density at radius 2 is 1.70 bits per heavy atom. The van der Waals surface area contributed by atoms with Crippen LogP contribution in [0, 0.1) is 45.8 Å². The molecule has 0 aromatic rings. The molecule has 5 aliphatic carbocycles. The van der Waals surface area contributed by atoms with Gasteiger partial charge in [-0.25, -0.2) is 0 Å². The lowest BCUT2D eigenvalue weighted by Crippen LogP contribution is -2.65. The van der Waals surface area contributed by atoms with Crippen LogP contribution in [0.1, 0.15) is 120 Å². The van der Waals surface area contributed by atoms with E-state index >= 15 is 0 Å². The van der Waals surface area contributed by atoms with Gasteiger partial charge in [-0.2, -0.15) is 0 Å². The van der Waals surface area contributed by atoms with Gasteiger partial charge in [-0.05, 0) is 130 Å². The van der Waals surface area contributed by atoms with Crippen molar-refractivity contribution in [3.63, 3.8) is 0 Å². The normalized spacial score (nSPS) is 48.0. The fraction of sp³-hybridized carbons (Fsp3) is 0.829. The molecule has 0 spiro atoms. The number of ether oxygens (including phenoxy) is 1. The molecule has 0 saturated heterocycles. The van der Waals surface area contributed by atoms with E-state index in [0.717, 1.165) is 75.4 Å². The quantitative estimate of drug-likeness (QED) is 0.225. The number of allylic oxidation sites excluding steroid dienone is 3. The van der Waals surface area contributed by atoms with Gasteiger partial charge in [0, 0.05) is 24.5 Å². The fourth-order valence-corrected chi connectivity index (χ4v) is 11.4. The third-order valence-electron chi connectivity index (χ3n) is 13.5. The van der Waals surface area contributed by atoms with Crippen molar-refractivity contribution in [1.82, 2.24) is 0 Å². The SMILES string of the molecule is CC(=O)O[C@H]1C[C@@]2(C)[C@H](/C1=C(/C(C)=O)C1CCCC(=C(C)C)C1)[C@H](N)C[C@H]1[C@@]3(C)CC[C@@H](O)[C@@H](C)[C@@H]3CC[C@@]12C. The Kier molecular flexibility index (Phi) is 7.78. The summed E-state index contributed by atoms with van der Waals surface area (Å²) in [5, 5.41) is 10.8. The molecule has 5 nitrogen and oxygen atoms in total. The van der Waals surface area contributed by atoms with Crippen molar-refractivity contribution in [2.45, 2.75) is 138 Å². The summed E-state index contributed by atoms with van der Waals surface area (Å²) in [6.07, 6.45) is 9.30. The molecule has 3 N–H and O–H groups in total. The number of ketones is 1. The molecule has 40 heavy (non-hydrogen) atoms. The van der Waals surface area contributed by atoms with E-state index in [9.17, 15) is 14.7 Å². The number of carbonyl (C=O) groups excluding carboxylic acids is 2. The Bertz CT molecular complexity index is 1120. The van der Waals surface area contributed by atoms with Crippen LogP contribution < -0.4 is 5.73 Å². The van der Waals surface area contributed by atoms with Crippen LogP contribution in [0.5, 0.6) is 0 Å². The number of nitrogens with two attached hydrogens (primary N) is 1. The zero-order valence-corrected chi connectivity index (χ0v) is 26.4. The van der Waals surface area contributed by atoms with Crippen LogP contribution in [0.15, 0.2) is 22.3 Å². The lowest BCUT2D eigenvalue weighted by atomic mass is 9.36. The Morgan fingerprint density at radius 3 is 2.33 bits per heavy atom. The maximum Gasteiger partial charge on any atom is 0.303 e. The summed E-state index contributed by atoms with van der Waals surface area (Å²) in [6, 6.07) is -0.0859. The van der Waals surface area contributed by atoms with Gasteiger partial charge in [-0.1, -0.05) is 38.8 Å². The molecule has 11 atom stereocenters. The molecule has 0 aliphatic heterocycles. The summed E-state index contributed by atoms with van der Waals surface area (Å²) in [7, 11) is 0. The molecule has 0 heterocycles. The van der Waals surface area contributed by atoms with E-state index in [1.807, 2.05) is 0 Å². The largest absolute Gasteiger partial charge is 0.458 e. The minimum absolute atomic E-state index is 0.0144. The van der Waals surface area contributed by atoms with Gasteiger partial charge in [0.1, 0.15) is 6.10 Å². The van der Waals surface area contributed by atoms with Gasteiger partial charge < -0.3 is 15.6 Å². The molecule has 0 aromatic carbocycles. The van der Waals surface area contributed by atoms with Crippen molar-refractivity contribution in [3.05, 3.63) is 22.3 Å². The maximum absolute atomic E-state index is 13.6. The van der Waals surface area contributed by atoms with Crippen LogP contribution >= 0.6 is 0 Å². The number of fused-ring (bicyclic) bond motifs is 5. The summed E-state index contributed by atoms with van der Waals surface area (Å²) in [4.78, 5) is 26.1. The summed E-state index contributed by atoms with van der Waals surface area (Å²) < 4.78 is 6.16. The second kappa shape index (κ2) is 10.4. The third kappa shape index (κ3) is 4.39. The Hall–Kier alpha value is -1.46. The second-order valence-corrected chi connectivity index (χ2v) is 15.5. The molecule has 5 fully saturated rings. The van der Waals surface area contributed by atoms with Gasteiger partial charge in [0.2, 0.25) is 0 Å². The maximum atomic E-state index is 13.6. The number of rotatable bonds is 3. The summed E-state index contributed by atoms with van der Waals surface area (Å²) in [5.74, 6) is 1.29. The number of aliphatic hydroxyl groups excluding tert-OH is 1. The average molecular weight is 554 g/mol. The summed E-state index contributed by atoms with van der Waals surface area (Å²) in [5.41, 5.74) is 12.1. The monoisotopic (exact) mass is 553 g/mol. The molecule has 5 rings (SSSR count). The lowest BCUT2D eigenvalue weighted by molar-refractivity contribution is -0.201. The minimum Gasteiger partial charge on any atom is -0.458 e. The standard InChI is InChI=1S/C35H55NO4/c1-19(2)23-10-9-11-24(16-23)30(21(4)37)31-28(40-22(5)38)18-35(8)32(31)26(36)17-29-33(6)14-13-27(39)20(3)25(33)12-15-34(29,35)7/h20,24-29,32,39H,9-18,36H2,1-8H3/b31-30-/t20-,24?,25-,26+,27+,28-,29-,32-,33-,34-,35-/m0/s1. The third-order valence-corrected chi connectivity index (χ3v) is 13.5. The predicted octanol–water partition coefficient (Wildman–Crippen LogP) is 6.92. The molecule has 0 aromatic heterocycles. The fourth-order valence-electron chi connectivity index (χ4n) is 11.4. The summed E-state index contributed by atoms with van der Waals surface area (Å²) >= 11 is 0. The first kappa shape index (κ1) is 30.0. The highest BCUT2D eigenvalue weighted by atomic mass is 16.5. The van der Waals surface area contributed by atoms with Gasteiger partial charge >= 0.3 is 5.97 Å².